The number of halogens is 1. The number of nitro benzene ring substituents is 1. The number of Topliss-reactive ketones (excluding diaryl/α,β-unsaturated/α-hetero) is 1. The number of ketones is 1. The van der Waals surface area contributed by atoms with E-state index in [1.165, 1.54) is 24.3 Å². The van der Waals surface area contributed by atoms with E-state index in [0.717, 1.165) is 0 Å². The van der Waals surface area contributed by atoms with Crippen LogP contribution in [0.5, 0.6) is 0 Å². The normalized spacial score (nSPS) is 9.83. The Bertz CT molecular complexity index is 457. The highest BCUT2D eigenvalue weighted by molar-refractivity contribution is 6.28. The molecule has 96 valence electrons. The van der Waals surface area contributed by atoms with Crippen LogP contribution in [0.25, 0.3) is 0 Å². The van der Waals surface area contributed by atoms with Gasteiger partial charge in [0.1, 0.15) is 13.0 Å². The molecule has 0 aromatic heterocycles. The van der Waals surface area contributed by atoms with Crippen LogP contribution in [0.15, 0.2) is 24.3 Å². The van der Waals surface area contributed by atoms with Crippen LogP contribution in [0.4, 0.5) is 5.69 Å². The van der Waals surface area contributed by atoms with Gasteiger partial charge in [0.2, 0.25) is 0 Å². The molecule has 1 rings (SSSR count). The van der Waals surface area contributed by atoms with Gasteiger partial charge in [0.15, 0.2) is 5.78 Å². The summed E-state index contributed by atoms with van der Waals surface area (Å²) in [4.78, 5) is 31.9. The Morgan fingerprint density at radius 1 is 1.28 bits per heavy atom. The smallest absolute Gasteiger partial charge is 0.313 e. The second kappa shape index (κ2) is 6.70. The zero-order valence-corrected chi connectivity index (χ0v) is 10.1. The molecular weight excluding hydrogens is 262 g/mol. The number of rotatable bonds is 6. The van der Waals surface area contributed by atoms with Gasteiger partial charge in [-0.15, -0.1) is 11.6 Å². The summed E-state index contributed by atoms with van der Waals surface area (Å²) >= 11 is 5.24. The number of esters is 1. The largest absolute Gasteiger partial charge is 0.460 e. The number of carbonyl (C=O) groups excluding carboxylic acids is 2. The van der Waals surface area contributed by atoms with Crippen molar-refractivity contribution in [2.75, 3.05) is 5.88 Å². The number of ether oxygens (including phenoxy) is 1. The third kappa shape index (κ3) is 4.50. The van der Waals surface area contributed by atoms with Gasteiger partial charge in [0.05, 0.1) is 10.8 Å². The molecule has 0 aliphatic rings. The zero-order valence-electron chi connectivity index (χ0n) is 9.30. The monoisotopic (exact) mass is 271 g/mol. The quantitative estimate of drug-likeness (QED) is 0.259. The molecule has 0 heterocycles. The number of hydrogen-bond donors (Lipinski definition) is 0. The minimum absolute atomic E-state index is 0.0353. The number of nitrogens with zero attached hydrogens (tertiary/aromatic N) is 1. The molecule has 1 aromatic carbocycles. The van der Waals surface area contributed by atoms with E-state index in [0.29, 0.717) is 5.56 Å². The van der Waals surface area contributed by atoms with Crippen molar-refractivity contribution in [3.63, 3.8) is 0 Å². The molecule has 1 aromatic rings. The average molecular weight is 272 g/mol. The summed E-state index contributed by atoms with van der Waals surface area (Å²) in [7, 11) is 0. The molecule has 7 heteroatoms. The summed E-state index contributed by atoms with van der Waals surface area (Å²) in [5.74, 6) is -1.31. The summed E-state index contributed by atoms with van der Waals surface area (Å²) in [5, 5.41) is 10.4. The van der Waals surface area contributed by atoms with Gasteiger partial charge in [0, 0.05) is 12.1 Å². The lowest BCUT2D eigenvalue weighted by atomic mass is 10.2. The molecule has 0 aliphatic heterocycles. The molecule has 0 aliphatic carbocycles. The van der Waals surface area contributed by atoms with Crippen molar-refractivity contribution in [2.45, 2.75) is 13.0 Å². The predicted molar refractivity (Wildman–Crippen MR) is 63.2 cm³/mol. The first-order valence-electron chi connectivity index (χ1n) is 4.99. The first kappa shape index (κ1) is 14.1. The van der Waals surface area contributed by atoms with Crippen LogP contribution in [0, 0.1) is 10.1 Å². The topological polar surface area (TPSA) is 86.5 Å². The van der Waals surface area contributed by atoms with E-state index in [1.54, 1.807) is 0 Å². The first-order chi connectivity index (χ1) is 8.52. The second-order valence-corrected chi connectivity index (χ2v) is 3.70. The van der Waals surface area contributed by atoms with Gasteiger partial charge in [-0.1, -0.05) is 0 Å². The molecule has 0 fully saturated rings. The summed E-state index contributed by atoms with van der Waals surface area (Å²) in [6, 6.07) is 5.59. The molecule has 0 bridgehead atoms. The summed E-state index contributed by atoms with van der Waals surface area (Å²) in [6.07, 6.45) is -0.365. The lowest BCUT2D eigenvalue weighted by molar-refractivity contribution is -0.384. The highest BCUT2D eigenvalue weighted by Gasteiger charge is 2.10. The van der Waals surface area contributed by atoms with Crippen LogP contribution >= 0.6 is 11.6 Å². The Balaban J connectivity index is 2.46. The van der Waals surface area contributed by atoms with E-state index >= 15 is 0 Å². The molecule has 0 amide bonds. The fraction of sp³-hybridized carbons (Fsp3) is 0.273. The highest BCUT2D eigenvalue weighted by Crippen LogP contribution is 2.12. The fourth-order valence-corrected chi connectivity index (χ4v) is 1.23. The van der Waals surface area contributed by atoms with Crippen molar-refractivity contribution in [2.24, 2.45) is 0 Å². The van der Waals surface area contributed by atoms with E-state index in [2.05, 4.69) is 0 Å². The van der Waals surface area contributed by atoms with Crippen LogP contribution in [-0.4, -0.2) is 22.6 Å². The number of nitro groups is 1. The lowest BCUT2D eigenvalue weighted by Gasteiger charge is -2.03. The Labute approximate surface area is 108 Å². The molecule has 0 saturated heterocycles. The van der Waals surface area contributed by atoms with Crippen LogP contribution in [-0.2, 0) is 20.9 Å². The van der Waals surface area contributed by atoms with Gasteiger partial charge >= 0.3 is 5.97 Å². The maximum absolute atomic E-state index is 11.2. The lowest BCUT2D eigenvalue weighted by Crippen LogP contribution is -2.12. The Morgan fingerprint density at radius 3 is 2.39 bits per heavy atom. The minimum atomic E-state index is -0.668. The average Bonchev–Trinajstić information content (AvgIpc) is 2.36. The maximum Gasteiger partial charge on any atom is 0.313 e. The van der Waals surface area contributed by atoms with Crippen LogP contribution in [0.1, 0.15) is 12.0 Å². The third-order valence-corrected chi connectivity index (χ3v) is 2.34. The van der Waals surface area contributed by atoms with Crippen LogP contribution < -0.4 is 0 Å². The van der Waals surface area contributed by atoms with E-state index in [1.807, 2.05) is 0 Å². The Hall–Kier alpha value is -1.95. The van der Waals surface area contributed by atoms with Crippen molar-refractivity contribution >= 4 is 29.0 Å². The zero-order chi connectivity index (χ0) is 13.5. The molecule has 6 nitrogen and oxygen atoms in total. The van der Waals surface area contributed by atoms with Crippen molar-refractivity contribution in [1.82, 2.24) is 0 Å². The predicted octanol–water partition coefficient (Wildman–Crippen LogP) is 1.84. The summed E-state index contributed by atoms with van der Waals surface area (Å²) in [5.41, 5.74) is 0.565. The molecule has 0 saturated carbocycles. The van der Waals surface area contributed by atoms with E-state index in [9.17, 15) is 19.7 Å². The first-order valence-corrected chi connectivity index (χ1v) is 5.53. The van der Waals surface area contributed by atoms with Gasteiger partial charge in [-0.25, -0.2) is 0 Å². The van der Waals surface area contributed by atoms with E-state index in [4.69, 9.17) is 16.3 Å². The SMILES string of the molecule is O=C(CCl)CC(=O)OCc1ccc([N+](=O)[O-])cc1. The minimum Gasteiger partial charge on any atom is -0.460 e. The summed E-state index contributed by atoms with van der Waals surface area (Å²) < 4.78 is 4.81. The van der Waals surface area contributed by atoms with Crippen LogP contribution in [0.3, 0.4) is 0 Å². The fourth-order valence-electron chi connectivity index (χ4n) is 1.14. The molecule has 0 unspecified atom stereocenters. The molecule has 0 N–H and O–H groups in total. The standard InChI is InChI=1S/C11H10ClNO5/c12-6-10(14)5-11(15)18-7-8-1-3-9(4-2-8)13(16)17/h1-4H,5-7H2. The second-order valence-electron chi connectivity index (χ2n) is 3.43. The van der Waals surface area contributed by atoms with E-state index < -0.39 is 16.7 Å². The van der Waals surface area contributed by atoms with Gasteiger partial charge in [-0.2, -0.15) is 0 Å². The Morgan fingerprint density at radius 2 is 1.89 bits per heavy atom. The molecular formula is C11H10ClNO5. The number of alkyl halides is 1. The van der Waals surface area contributed by atoms with Gasteiger partial charge in [-0.05, 0) is 17.7 Å². The molecule has 0 radical (unpaired) electrons. The van der Waals surface area contributed by atoms with Gasteiger partial charge in [0.25, 0.3) is 5.69 Å². The van der Waals surface area contributed by atoms with Crippen molar-refractivity contribution < 1.29 is 19.2 Å². The van der Waals surface area contributed by atoms with Crippen molar-refractivity contribution in [3.05, 3.63) is 39.9 Å². The Kier molecular flexibility index (Phi) is 5.26. The number of non-ortho nitro benzene ring substituents is 1. The van der Waals surface area contributed by atoms with Crippen LogP contribution in [0.2, 0.25) is 0 Å². The van der Waals surface area contributed by atoms with Gasteiger partial charge < -0.3 is 4.74 Å². The number of benzene rings is 1. The van der Waals surface area contributed by atoms with E-state index in [-0.39, 0.29) is 24.6 Å². The maximum atomic E-state index is 11.2. The molecule has 0 atom stereocenters. The molecule has 0 spiro atoms. The third-order valence-electron chi connectivity index (χ3n) is 2.04. The number of hydrogen-bond acceptors (Lipinski definition) is 5. The number of carbonyl (C=O) groups is 2. The molecule has 18 heavy (non-hydrogen) atoms. The highest BCUT2D eigenvalue weighted by atomic mass is 35.5. The summed E-state index contributed by atoms with van der Waals surface area (Å²) in [6.45, 7) is -0.0353. The van der Waals surface area contributed by atoms with Crippen molar-refractivity contribution in [1.29, 1.82) is 0 Å². The van der Waals surface area contributed by atoms with Gasteiger partial charge in [-0.3, -0.25) is 19.7 Å². The van der Waals surface area contributed by atoms with Crippen molar-refractivity contribution in [3.8, 4) is 0 Å².